The highest BCUT2D eigenvalue weighted by Crippen LogP contribution is 2.18. The summed E-state index contributed by atoms with van der Waals surface area (Å²) >= 11 is 0. The standard InChI is InChI=1S/C22H26N4O2S/c1-4-23-22(25-14-17-9-10-21(16(2)13-17)29(3,27)28)26-15-18-11-12-24-20-8-6-5-7-19(18)20/h5-13H,4,14-15H2,1-3H3,(H2,23,25,26). The second-order valence-electron chi connectivity index (χ2n) is 6.91. The molecule has 1 aromatic heterocycles. The van der Waals surface area contributed by atoms with Gasteiger partial charge in [0.05, 0.1) is 17.0 Å². The van der Waals surface area contributed by atoms with Crippen LogP contribution in [0, 0.1) is 6.92 Å². The summed E-state index contributed by atoms with van der Waals surface area (Å²) in [7, 11) is -3.21. The zero-order valence-corrected chi connectivity index (χ0v) is 17.8. The number of hydrogen-bond acceptors (Lipinski definition) is 4. The van der Waals surface area contributed by atoms with Gasteiger partial charge in [0.15, 0.2) is 15.8 Å². The Morgan fingerprint density at radius 2 is 1.90 bits per heavy atom. The molecule has 2 aromatic carbocycles. The highest BCUT2D eigenvalue weighted by Gasteiger charge is 2.11. The van der Waals surface area contributed by atoms with Crippen molar-refractivity contribution in [3.63, 3.8) is 0 Å². The number of guanidine groups is 1. The third kappa shape index (κ3) is 5.32. The predicted molar refractivity (Wildman–Crippen MR) is 118 cm³/mol. The lowest BCUT2D eigenvalue weighted by molar-refractivity contribution is 0.601. The van der Waals surface area contributed by atoms with E-state index in [-0.39, 0.29) is 0 Å². The fraction of sp³-hybridized carbons (Fsp3) is 0.273. The highest BCUT2D eigenvalue weighted by molar-refractivity contribution is 7.90. The maximum Gasteiger partial charge on any atom is 0.191 e. The number of nitrogens with zero attached hydrogens (tertiary/aromatic N) is 2. The molecule has 152 valence electrons. The molecule has 0 saturated carbocycles. The van der Waals surface area contributed by atoms with E-state index in [1.807, 2.05) is 56.4 Å². The Morgan fingerprint density at radius 3 is 2.62 bits per heavy atom. The van der Waals surface area contributed by atoms with Gasteiger partial charge in [-0.05, 0) is 48.7 Å². The summed E-state index contributed by atoms with van der Waals surface area (Å²) in [4.78, 5) is 9.40. The van der Waals surface area contributed by atoms with Gasteiger partial charge < -0.3 is 10.6 Å². The molecule has 7 heteroatoms. The number of pyridine rings is 1. The van der Waals surface area contributed by atoms with Gasteiger partial charge in [-0.25, -0.2) is 13.4 Å². The van der Waals surface area contributed by atoms with Gasteiger partial charge in [0, 0.05) is 30.9 Å². The van der Waals surface area contributed by atoms with Crippen molar-refractivity contribution in [2.24, 2.45) is 4.99 Å². The second-order valence-corrected chi connectivity index (χ2v) is 8.89. The maximum absolute atomic E-state index is 11.8. The minimum atomic E-state index is -3.21. The minimum absolute atomic E-state index is 0.361. The number of aromatic nitrogens is 1. The summed E-state index contributed by atoms with van der Waals surface area (Å²) in [6, 6.07) is 15.4. The van der Waals surface area contributed by atoms with Crippen LogP contribution in [0.25, 0.3) is 10.9 Å². The summed E-state index contributed by atoms with van der Waals surface area (Å²) in [5, 5.41) is 7.73. The topological polar surface area (TPSA) is 83.5 Å². The largest absolute Gasteiger partial charge is 0.357 e. The van der Waals surface area contributed by atoms with Crippen LogP contribution in [0.4, 0.5) is 0 Å². The Morgan fingerprint density at radius 1 is 1.10 bits per heavy atom. The highest BCUT2D eigenvalue weighted by atomic mass is 32.2. The van der Waals surface area contributed by atoms with E-state index in [1.54, 1.807) is 6.07 Å². The van der Waals surface area contributed by atoms with E-state index in [0.29, 0.717) is 23.9 Å². The minimum Gasteiger partial charge on any atom is -0.357 e. The van der Waals surface area contributed by atoms with E-state index in [9.17, 15) is 8.42 Å². The molecule has 0 aliphatic carbocycles. The molecule has 29 heavy (non-hydrogen) atoms. The zero-order valence-electron chi connectivity index (χ0n) is 16.9. The molecule has 0 aliphatic heterocycles. The Balaban J connectivity index is 1.74. The summed E-state index contributed by atoms with van der Waals surface area (Å²) < 4.78 is 23.6. The van der Waals surface area contributed by atoms with E-state index in [0.717, 1.165) is 34.1 Å². The van der Waals surface area contributed by atoms with Crippen LogP contribution in [0.15, 0.2) is 64.6 Å². The number of para-hydroxylation sites is 1. The van der Waals surface area contributed by atoms with Crippen molar-refractivity contribution in [3.8, 4) is 0 Å². The molecule has 3 rings (SSSR count). The predicted octanol–water partition coefficient (Wildman–Crippen LogP) is 3.20. The molecule has 0 aliphatic rings. The van der Waals surface area contributed by atoms with Gasteiger partial charge in [0.25, 0.3) is 0 Å². The van der Waals surface area contributed by atoms with Crippen LogP contribution in [0.3, 0.4) is 0 Å². The number of benzene rings is 2. The van der Waals surface area contributed by atoms with E-state index < -0.39 is 9.84 Å². The number of aliphatic imine (C=N–C) groups is 1. The van der Waals surface area contributed by atoms with Crippen molar-refractivity contribution >= 4 is 26.7 Å². The first-order valence-electron chi connectivity index (χ1n) is 9.53. The van der Waals surface area contributed by atoms with Gasteiger partial charge in [-0.1, -0.05) is 30.3 Å². The molecule has 0 atom stereocenters. The van der Waals surface area contributed by atoms with E-state index >= 15 is 0 Å². The molecule has 2 N–H and O–H groups in total. The fourth-order valence-corrected chi connectivity index (χ4v) is 4.19. The normalized spacial score (nSPS) is 12.2. The molecule has 0 saturated heterocycles. The average molecular weight is 411 g/mol. The monoisotopic (exact) mass is 410 g/mol. The Labute approximate surface area is 172 Å². The fourth-order valence-electron chi connectivity index (χ4n) is 3.23. The van der Waals surface area contributed by atoms with Gasteiger partial charge in [-0.3, -0.25) is 4.98 Å². The van der Waals surface area contributed by atoms with Gasteiger partial charge in [-0.15, -0.1) is 0 Å². The molecule has 0 fully saturated rings. The molecule has 0 unspecified atom stereocenters. The van der Waals surface area contributed by atoms with Crippen LogP contribution in [0.1, 0.15) is 23.6 Å². The Kier molecular flexibility index (Phi) is 6.49. The summed E-state index contributed by atoms with van der Waals surface area (Å²) in [6.45, 7) is 5.65. The smallest absolute Gasteiger partial charge is 0.191 e. The number of hydrogen-bond donors (Lipinski definition) is 2. The first-order chi connectivity index (χ1) is 13.9. The van der Waals surface area contributed by atoms with E-state index in [2.05, 4.69) is 26.7 Å². The van der Waals surface area contributed by atoms with E-state index in [1.165, 1.54) is 6.26 Å². The van der Waals surface area contributed by atoms with Crippen molar-refractivity contribution in [1.82, 2.24) is 15.6 Å². The van der Waals surface area contributed by atoms with Crippen molar-refractivity contribution in [1.29, 1.82) is 0 Å². The molecule has 0 bridgehead atoms. The third-order valence-electron chi connectivity index (χ3n) is 4.59. The number of nitrogens with one attached hydrogen (secondary N) is 2. The van der Waals surface area contributed by atoms with Crippen molar-refractivity contribution < 1.29 is 8.42 Å². The molecule has 0 spiro atoms. The summed E-state index contributed by atoms with van der Waals surface area (Å²) in [5.41, 5.74) is 3.81. The number of fused-ring (bicyclic) bond motifs is 1. The number of rotatable bonds is 6. The van der Waals surface area contributed by atoms with Gasteiger partial charge in [0.1, 0.15) is 0 Å². The second kappa shape index (κ2) is 9.05. The number of sulfone groups is 1. The lowest BCUT2D eigenvalue weighted by Gasteiger charge is -2.13. The van der Waals surface area contributed by atoms with Gasteiger partial charge in [-0.2, -0.15) is 0 Å². The lowest BCUT2D eigenvalue weighted by Crippen LogP contribution is -2.36. The summed E-state index contributed by atoms with van der Waals surface area (Å²) in [6.07, 6.45) is 3.04. The molecular formula is C22H26N4O2S. The first-order valence-corrected chi connectivity index (χ1v) is 11.4. The third-order valence-corrected chi connectivity index (χ3v) is 5.85. The van der Waals surface area contributed by atoms with Gasteiger partial charge in [0.2, 0.25) is 0 Å². The zero-order chi connectivity index (χ0) is 20.9. The van der Waals surface area contributed by atoms with Crippen LogP contribution in [-0.4, -0.2) is 32.2 Å². The Hall–Kier alpha value is -2.93. The average Bonchev–Trinajstić information content (AvgIpc) is 2.69. The molecule has 1 heterocycles. The molecular weight excluding hydrogens is 384 g/mol. The molecule has 6 nitrogen and oxygen atoms in total. The van der Waals surface area contributed by atoms with Crippen molar-refractivity contribution in [2.45, 2.75) is 31.8 Å². The van der Waals surface area contributed by atoms with Crippen LogP contribution < -0.4 is 10.6 Å². The van der Waals surface area contributed by atoms with Crippen LogP contribution >= 0.6 is 0 Å². The lowest BCUT2D eigenvalue weighted by atomic mass is 10.1. The number of aryl methyl sites for hydroxylation is 1. The molecule has 0 radical (unpaired) electrons. The first kappa shape index (κ1) is 20.8. The van der Waals surface area contributed by atoms with Crippen molar-refractivity contribution in [3.05, 3.63) is 71.4 Å². The molecule has 0 amide bonds. The van der Waals surface area contributed by atoms with Crippen LogP contribution in [-0.2, 0) is 22.9 Å². The maximum atomic E-state index is 11.8. The SMILES string of the molecule is CCNC(=NCc1ccc(S(C)(=O)=O)c(C)c1)NCc1ccnc2ccccc12. The quantitative estimate of drug-likeness (QED) is 0.482. The molecule has 3 aromatic rings. The van der Waals surface area contributed by atoms with E-state index in [4.69, 9.17) is 0 Å². The van der Waals surface area contributed by atoms with Crippen molar-refractivity contribution in [2.75, 3.05) is 12.8 Å². The Bertz CT molecular complexity index is 1140. The van der Waals surface area contributed by atoms with Crippen LogP contribution in [0.2, 0.25) is 0 Å². The summed E-state index contributed by atoms with van der Waals surface area (Å²) in [5.74, 6) is 0.707. The van der Waals surface area contributed by atoms with Crippen LogP contribution in [0.5, 0.6) is 0 Å². The van der Waals surface area contributed by atoms with Gasteiger partial charge >= 0.3 is 0 Å².